The Balaban J connectivity index is 1.85. The lowest BCUT2D eigenvalue weighted by Crippen LogP contribution is -2.06. The Labute approximate surface area is 150 Å². The summed E-state index contributed by atoms with van der Waals surface area (Å²) in [5.41, 5.74) is 10.6. The van der Waals surface area contributed by atoms with Crippen molar-refractivity contribution in [2.45, 2.75) is 13.8 Å². The van der Waals surface area contributed by atoms with E-state index in [0.717, 1.165) is 16.8 Å². The molecule has 7 heteroatoms. The number of hydrogen-bond donors (Lipinski definition) is 4. The predicted molar refractivity (Wildman–Crippen MR) is 102 cm³/mol. The molecular weight excluding hydrogens is 330 g/mol. The summed E-state index contributed by atoms with van der Waals surface area (Å²) in [6, 6.07) is 12.4. The zero-order chi connectivity index (χ0) is 18.7. The molecule has 0 bridgehead atoms. The van der Waals surface area contributed by atoms with Crippen LogP contribution in [-0.4, -0.2) is 21.0 Å². The number of aromatic carboxylic acids is 1. The highest BCUT2D eigenvalue weighted by Crippen LogP contribution is 2.29. The van der Waals surface area contributed by atoms with Crippen LogP contribution in [0.15, 0.2) is 48.8 Å². The Hall–Kier alpha value is -3.61. The van der Waals surface area contributed by atoms with Gasteiger partial charge in [0.1, 0.15) is 12.0 Å². The molecule has 1 heterocycles. The minimum absolute atomic E-state index is 0.212. The molecule has 0 fully saturated rings. The molecule has 132 valence electrons. The van der Waals surface area contributed by atoms with Crippen molar-refractivity contribution in [2.24, 2.45) is 0 Å². The molecule has 3 rings (SSSR count). The smallest absolute Gasteiger partial charge is 0.335 e. The number of nitrogens with one attached hydrogen (secondary N) is 2. The molecule has 0 amide bonds. The molecule has 0 unspecified atom stereocenters. The van der Waals surface area contributed by atoms with Crippen LogP contribution in [0.25, 0.3) is 0 Å². The summed E-state index contributed by atoms with van der Waals surface area (Å²) in [5.74, 6) is -0.0349. The average molecular weight is 349 g/mol. The zero-order valence-corrected chi connectivity index (χ0v) is 14.4. The maximum absolute atomic E-state index is 10.9. The number of carboxylic acid groups (broad SMARTS) is 1. The van der Waals surface area contributed by atoms with Crippen LogP contribution in [0, 0.1) is 13.8 Å². The molecule has 0 spiro atoms. The monoisotopic (exact) mass is 349 g/mol. The van der Waals surface area contributed by atoms with Crippen molar-refractivity contribution >= 4 is 34.7 Å². The molecule has 1 aromatic heterocycles. The van der Waals surface area contributed by atoms with Crippen LogP contribution in [-0.2, 0) is 0 Å². The fourth-order valence-corrected chi connectivity index (χ4v) is 2.43. The number of rotatable bonds is 5. The summed E-state index contributed by atoms with van der Waals surface area (Å²) in [7, 11) is 0. The molecule has 26 heavy (non-hydrogen) atoms. The molecule has 0 radical (unpaired) electrons. The van der Waals surface area contributed by atoms with Crippen LogP contribution in [0.2, 0.25) is 0 Å². The molecule has 0 aliphatic carbocycles. The first kappa shape index (κ1) is 17.2. The molecule has 0 saturated heterocycles. The Kier molecular flexibility index (Phi) is 4.70. The van der Waals surface area contributed by atoms with E-state index in [1.165, 1.54) is 18.5 Å². The first-order chi connectivity index (χ1) is 12.4. The second-order valence-corrected chi connectivity index (χ2v) is 5.94. The molecule has 0 saturated carbocycles. The average Bonchev–Trinajstić information content (AvgIpc) is 2.62. The number of carbonyl (C=O) groups is 1. The predicted octanol–water partition coefficient (Wildman–Crippen LogP) is 3.86. The number of nitrogens with zero attached hydrogens (tertiary/aromatic N) is 2. The minimum atomic E-state index is -0.974. The third-order valence-electron chi connectivity index (χ3n) is 3.92. The third kappa shape index (κ3) is 3.72. The van der Waals surface area contributed by atoms with Crippen molar-refractivity contribution in [3.05, 3.63) is 65.5 Å². The van der Waals surface area contributed by atoms with Crippen molar-refractivity contribution < 1.29 is 9.90 Å². The number of hydrogen-bond acceptors (Lipinski definition) is 6. The van der Waals surface area contributed by atoms with E-state index in [1.807, 2.05) is 32.0 Å². The first-order valence-corrected chi connectivity index (χ1v) is 7.99. The topological polar surface area (TPSA) is 113 Å². The Morgan fingerprint density at radius 1 is 1.00 bits per heavy atom. The van der Waals surface area contributed by atoms with Gasteiger partial charge in [-0.15, -0.1) is 0 Å². The third-order valence-corrected chi connectivity index (χ3v) is 3.92. The van der Waals surface area contributed by atoms with E-state index in [-0.39, 0.29) is 5.56 Å². The highest BCUT2D eigenvalue weighted by atomic mass is 16.4. The largest absolute Gasteiger partial charge is 0.478 e. The number of carboxylic acids is 1. The van der Waals surface area contributed by atoms with Crippen molar-refractivity contribution in [1.82, 2.24) is 9.97 Å². The van der Waals surface area contributed by atoms with Crippen molar-refractivity contribution in [3.8, 4) is 0 Å². The quantitative estimate of drug-likeness (QED) is 0.553. The van der Waals surface area contributed by atoms with E-state index in [9.17, 15) is 4.79 Å². The lowest BCUT2D eigenvalue weighted by molar-refractivity contribution is 0.0697. The number of nitrogen functional groups attached to an aromatic ring is 1. The molecule has 5 N–H and O–H groups in total. The summed E-state index contributed by atoms with van der Waals surface area (Å²) in [6.45, 7) is 4.02. The van der Waals surface area contributed by atoms with Gasteiger partial charge < -0.3 is 21.5 Å². The molecule has 0 aliphatic heterocycles. The number of aromatic nitrogens is 2. The lowest BCUT2D eigenvalue weighted by atomic mass is 10.1. The molecular formula is C19H19N5O2. The van der Waals surface area contributed by atoms with Crippen LogP contribution in [0.4, 0.5) is 28.7 Å². The maximum atomic E-state index is 10.9. The van der Waals surface area contributed by atoms with Gasteiger partial charge in [-0.2, -0.15) is 0 Å². The van der Waals surface area contributed by atoms with Crippen LogP contribution in [0.5, 0.6) is 0 Å². The van der Waals surface area contributed by atoms with Crippen molar-refractivity contribution in [1.29, 1.82) is 0 Å². The van der Waals surface area contributed by atoms with Gasteiger partial charge in [-0.3, -0.25) is 0 Å². The Bertz CT molecular complexity index is 955. The molecule has 2 aromatic carbocycles. The van der Waals surface area contributed by atoms with E-state index in [0.29, 0.717) is 23.0 Å². The highest BCUT2D eigenvalue weighted by molar-refractivity contribution is 5.88. The normalized spacial score (nSPS) is 10.4. The second-order valence-electron chi connectivity index (χ2n) is 5.94. The number of aryl methyl sites for hydroxylation is 2. The molecule has 0 atom stereocenters. The van der Waals surface area contributed by atoms with E-state index in [2.05, 4.69) is 20.6 Å². The standard InChI is InChI=1S/C19H19N5O2/c1-11-3-4-12(2)15(9-11)24-18-16(20)17(21-10-22-18)23-14-7-5-13(6-8-14)19(25)26/h3-10H,20H2,1-2H3,(H,25,26)(H2,21,22,23,24). The van der Waals surface area contributed by atoms with Crippen molar-refractivity contribution in [2.75, 3.05) is 16.4 Å². The summed E-state index contributed by atoms with van der Waals surface area (Å²) in [4.78, 5) is 19.3. The van der Waals surface area contributed by atoms with E-state index < -0.39 is 5.97 Å². The van der Waals surface area contributed by atoms with Gasteiger partial charge in [0.25, 0.3) is 0 Å². The lowest BCUT2D eigenvalue weighted by Gasteiger charge is -2.14. The summed E-state index contributed by atoms with van der Waals surface area (Å²) >= 11 is 0. The maximum Gasteiger partial charge on any atom is 0.335 e. The molecule has 7 nitrogen and oxygen atoms in total. The zero-order valence-electron chi connectivity index (χ0n) is 14.4. The second kappa shape index (κ2) is 7.10. The van der Waals surface area contributed by atoms with E-state index in [1.54, 1.807) is 12.1 Å². The fraction of sp³-hybridized carbons (Fsp3) is 0.105. The van der Waals surface area contributed by atoms with Crippen LogP contribution >= 0.6 is 0 Å². The summed E-state index contributed by atoms with van der Waals surface area (Å²) in [5, 5.41) is 15.3. The van der Waals surface area contributed by atoms with Crippen molar-refractivity contribution in [3.63, 3.8) is 0 Å². The Morgan fingerprint density at radius 2 is 1.65 bits per heavy atom. The van der Waals surface area contributed by atoms with Gasteiger partial charge in [0, 0.05) is 11.4 Å². The number of benzene rings is 2. The summed E-state index contributed by atoms with van der Waals surface area (Å²) in [6.07, 6.45) is 1.41. The minimum Gasteiger partial charge on any atom is -0.478 e. The van der Waals surface area contributed by atoms with Gasteiger partial charge >= 0.3 is 5.97 Å². The van der Waals surface area contributed by atoms with Gasteiger partial charge in [0.2, 0.25) is 0 Å². The SMILES string of the molecule is Cc1ccc(C)c(Nc2ncnc(Nc3ccc(C(=O)O)cc3)c2N)c1. The van der Waals surface area contributed by atoms with Gasteiger partial charge in [-0.25, -0.2) is 14.8 Å². The van der Waals surface area contributed by atoms with E-state index in [4.69, 9.17) is 10.8 Å². The van der Waals surface area contributed by atoms with Gasteiger partial charge in [0.05, 0.1) is 5.56 Å². The van der Waals surface area contributed by atoms with Crippen LogP contribution in [0.3, 0.4) is 0 Å². The van der Waals surface area contributed by atoms with Gasteiger partial charge in [0.15, 0.2) is 11.6 Å². The fourth-order valence-electron chi connectivity index (χ4n) is 2.43. The number of anilines is 5. The Morgan fingerprint density at radius 3 is 2.31 bits per heavy atom. The van der Waals surface area contributed by atoms with Crippen LogP contribution in [0.1, 0.15) is 21.5 Å². The summed E-state index contributed by atoms with van der Waals surface area (Å²) < 4.78 is 0. The number of nitrogens with two attached hydrogens (primary N) is 1. The molecule has 0 aliphatic rings. The van der Waals surface area contributed by atoms with E-state index >= 15 is 0 Å². The van der Waals surface area contributed by atoms with Crippen LogP contribution < -0.4 is 16.4 Å². The highest BCUT2D eigenvalue weighted by Gasteiger charge is 2.10. The van der Waals surface area contributed by atoms with Gasteiger partial charge in [-0.05, 0) is 55.3 Å². The van der Waals surface area contributed by atoms with Gasteiger partial charge in [-0.1, -0.05) is 12.1 Å². The molecule has 3 aromatic rings. The first-order valence-electron chi connectivity index (χ1n) is 7.99.